The number of rotatable bonds is 4. The Morgan fingerprint density at radius 2 is 1.86 bits per heavy atom. The maximum absolute atomic E-state index is 11.9. The van der Waals surface area contributed by atoms with Gasteiger partial charge in [0.2, 0.25) is 0 Å². The van der Waals surface area contributed by atoms with Gasteiger partial charge in [0.25, 0.3) is 5.91 Å². The van der Waals surface area contributed by atoms with Crippen molar-refractivity contribution >= 4 is 23.7 Å². The lowest BCUT2D eigenvalue weighted by Gasteiger charge is -2.20. The first-order valence-corrected chi connectivity index (χ1v) is 8.03. The zero-order valence-electron chi connectivity index (χ0n) is 12.3. The number of nitrogens with one attached hydrogen (secondary N) is 2. The molecule has 1 heterocycles. The molecule has 1 aromatic carbocycles. The van der Waals surface area contributed by atoms with Crippen LogP contribution < -0.4 is 10.3 Å². The van der Waals surface area contributed by atoms with E-state index in [1.54, 1.807) is 12.3 Å². The maximum Gasteiger partial charge on any atom is 0.295 e. The van der Waals surface area contributed by atoms with Gasteiger partial charge in [0.1, 0.15) is 0 Å². The van der Waals surface area contributed by atoms with Crippen LogP contribution in [0, 0.1) is 0 Å². The molecule has 1 amide bonds. The van der Waals surface area contributed by atoms with Crippen LogP contribution in [-0.2, 0) is 4.79 Å². The van der Waals surface area contributed by atoms with Crippen LogP contribution >= 0.6 is 11.6 Å². The molecule has 0 unspecified atom stereocenters. The molecule has 4 nitrogen and oxygen atoms in total. The molecule has 2 N–H and O–H groups in total. The number of benzene rings is 1. The molecule has 1 aliphatic rings. The minimum Gasteiger partial charge on any atom is -0.327 e. The van der Waals surface area contributed by atoms with Crippen molar-refractivity contribution in [3.63, 3.8) is 0 Å². The topological polar surface area (TPSA) is 45.9 Å². The van der Waals surface area contributed by atoms with Crippen LogP contribution in [-0.4, -0.2) is 31.8 Å². The fourth-order valence-electron chi connectivity index (χ4n) is 2.60. The predicted molar refractivity (Wildman–Crippen MR) is 85.8 cm³/mol. The highest BCUT2D eigenvalue weighted by atomic mass is 35.5. The van der Waals surface area contributed by atoms with Crippen molar-refractivity contribution in [3.05, 3.63) is 34.9 Å². The van der Waals surface area contributed by atoms with Gasteiger partial charge in [0.15, 0.2) is 6.54 Å². The number of likely N-dealkylation sites (tertiary alicyclic amines) is 1. The van der Waals surface area contributed by atoms with E-state index in [1.165, 1.54) is 37.0 Å². The number of hydrogen-bond acceptors (Lipinski definition) is 2. The number of hydrazone groups is 1. The third kappa shape index (κ3) is 5.86. The van der Waals surface area contributed by atoms with E-state index >= 15 is 0 Å². The second-order valence-electron chi connectivity index (χ2n) is 5.51. The van der Waals surface area contributed by atoms with Crippen molar-refractivity contribution in [2.24, 2.45) is 5.10 Å². The van der Waals surface area contributed by atoms with Crippen molar-refractivity contribution < 1.29 is 9.69 Å². The molecule has 5 heteroatoms. The summed E-state index contributed by atoms with van der Waals surface area (Å²) in [6.45, 7) is 2.67. The number of nitrogens with zero attached hydrogens (tertiary/aromatic N) is 1. The first-order valence-electron chi connectivity index (χ1n) is 7.66. The molecule has 0 aromatic heterocycles. The summed E-state index contributed by atoms with van der Waals surface area (Å²) in [5.41, 5.74) is 3.40. The second kappa shape index (κ2) is 8.80. The quantitative estimate of drug-likeness (QED) is 0.645. The summed E-state index contributed by atoms with van der Waals surface area (Å²) in [6.07, 6.45) is 7.92. The molecule has 0 spiro atoms. The summed E-state index contributed by atoms with van der Waals surface area (Å²) >= 11 is 6.02. The molecule has 1 fully saturated rings. The van der Waals surface area contributed by atoms with Crippen molar-refractivity contribution in [2.45, 2.75) is 32.1 Å². The van der Waals surface area contributed by atoms with Gasteiger partial charge >= 0.3 is 0 Å². The Bertz CT molecular complexity index is 482. The monoisotopic (exact) mass is 308 g/mol. The second-order valence-corrected chi connectivity index (χ2v) is 5.92. The lowest BCUT2D eigenvalue weighted by Crippen LogP contribution is -3.13. The highest BCUT2D eigenvalue weighted by molar-refractivity contribution is 6.33. The summed E-state index contributed by atoms with van der Waals surface area (Å²) in [4.78, 5) is 13.3. The maximum atomic E-state index is 11.9. The fourth-order valence-corrected chi connectivity index (χ4v) is 2.79. The largest absolute Gasteiger partial charge is 0.327 e. The Hall–Kier alpha value is -1.39. The minimum absolute atomic E-state index is 0.0334. The third-order valence-electron chi connectivity index (χ3n) is 3.77. The minimum atomic E-state index is -0.0334. The number of carbonyl (C=O) groups excluding carboxylic acids is 1. The van der Waals surface area contributed by atoms with Crippen LogP contribution in [0.2, 0.25) is 5.02 Å². The Balaban J connectivity index is 1.77. The normalized spacial score (nSPS) is 17.4. The van der Waals surface area contributed by atoms with Crippen LogP contribution in [0.15, 0.2) is 29.4 Å². The molecule has 2 rings (SSSR count). The number of quaternary nitrogens is 1. The molecule has 1 aromatic rings. The van der Waals surface area contributed by atoms with Gasteiger partial charge < -0.3 is 4.90 Å². The van der Waals surface area contributed by atoms with Gasteiger partial charge in [-0.25, -0.2) is 5.43 Å². The van der Waals surface area contributed by atoms with E-state index in [-0.39, 0.29) is 5.91 Å². The molecular formula is C16H23ClN3O+. The first-order chi connectivity index (χ1) is 10.3. The summed E-state index contributed by atoms with van der Waals surface area (Å²) in [5, 5.41) is 4.62. The molecule has 114 valence electrons. The van der Waals surface area contributed by atoms with Gasteiger partial charge in [0, 0.05) is 10.6 Å². The van der Waals surface area contributed by atoms with Crippen LogP contribution in [0.4, 0.5) is 0 Å². The van der Waals surface area contributed by atoms with Crippen LogP contribution in [0.1, 0.15) is 37.7 Å². The predicted octanol–water partition coefficient (Wildman–Crippen LogP) is 1.64. The molecular weight excluding hydrogens is 286 g/mol. The average Bonchev–Trinajstić information content (AvgIpc) is 2.44. The van der Waals surface area contributed by atoms with E-state index in [0.29, 0.717) is 11.6 Å². The smallest absolute Gasteiger partial charge is 0.295 e. The van der Waals surface area contributed by atoms with Crippen molar-refractivity contribution in [3.8, 4) is 0 Å². The van der Waals surface area contributed by atoms with Crippen molar-refractivity contribution in [1.82, 2.24) is 5.43 Å². The Labute approximate surface area is 131 Å². The molecule has 21 heavy (non-hydrogen) atoms. The fraction of sp³-hybridized carbons (Fsp3) is 0.500. The highest BCUT2D eigenvalue weighted by Crippen LogP contribution is 2.11. The van der Waals surface area contributed by atoms with E-state index in [9.17, 15) is 4.79 Å². The van der Waals surface area contributed by atoms with Crippen molar-refractivity contribution in [1.29, 1.82) is 0 Å². The van der Waals surface area contributed by atoms with E-state index in [4.69, 9.17) is 11.6 Å². The van der Waals surface area contributed by atoms with Crippen LogP contribution in [0.3, 0.4) is 0 Å². The molecule has 0 saturated carbocycles. The first kappa shape index (κ1) is 16.0. The molecule has 0 atom stereocenters. The van der Waals surface area contributed by atoms with Crippen LogP contribution in [0.5, 0.6) is 0 Å². The zero-order valence-corrected chi connectivity index (χ0v) is 13.0. The Morgan fingerprint density at radius 3 is 2.57 bits per heavy atom. The van der Waals surface area contributed by atoms with Crippen molar-refractivity contribution in [2.75, 3.05) is 19.6 Å². The van der Waals surface area contributed by atoms with Gasteiger partial charge in [-0.05, 0) is 31.7 Å². The number of hydrogen-bond donors (Lipinski definition) is 2. The Morgan fingerprint density at radius 1 is 1.19 bits per heavy atom. The van der Waals surface area contributed by atoms with E-state index in [0.717, 1.165) is 18.7 Å². The Kier molecular flexibility index (Phi) is 6.70. The summed E-state index contributed by atoms with van der Waals surface area (Å²) < 4.78 is 0. The lowest BCUT2D eigenvalue weighted by atomic mass is 10.1. The summed E-state index contributed by atoms with van der Waals surface area (Å²) in [5.74, 6) is -0.0334. The molecule has 0 bridgehead atoms. The standard InChI is InChI=1S/C16H22ClN3O/c17-15-9-5-4-8-14(15)12-18-19-16(21)13-20-10-6-2-1-3-7-11-20/h4-5,8-9,12H,1-3,6-7,10-11,13H2,(H,19,21)/p+1/b18-12-. The van der Waals surface area contributed by atoms with Gasteiger partial charge in [-0.2, -0.15) is 5.10 Å². The third-order valence-corrected chi connectivity index (χ3v) is 4.11. The molecule has 0 radical (unpaired) electrons. The number of amides is 1. The van der Waals surface area contributed by atoms with Gasteiger partial charge in [-0.3, -0.25) is 4.79 Å². The van der Waals surface area contributed by atoms with E-state index < -0.39 is 0 Å². The number of halogens is 1. The number of carbonyl (C=O) groups is 1. The van der Waals surface area contributed by atoms with Gasteiger partial charge in [-0.1, -0.05) is 36.2 Å². The lowest BCUT2D eigenvalue weighted by molar-refractivity contribution is -0.893. The average molecular weight is 309 g/mol. The van der Waals surface area contributed by atoms with E-state index in [2.05, 4.69) is 10.5 Å². The molecule has 1 saturated heterocycles. The van der Waals surface area contributed by atoms with Gasteiger partial charge in [0.05, 0.1) is 19.3 Å². The SMILES string of the molecule is O=C(C[NH+]1CCCCCCC1)N/N=C\c1ccccc1Cl. The summed E-state index contributed by atoms with van der Waals surface area (Å²) in [6, 6.07) is 7.42. The summed E-state index contributed by atoms with van der Waals surface area (Å²) in [7, 11) is 0. The zero-order chi connectivity index (χ0) is 14.9. The molecule has 1 aliphatic heterocycles. The molecule has 0 aliphatic carbocycles. The van der Waals surface area contributed by atoms with Crippen LogP contribution in [0.25, 0.3) is 0 Å². The van der Waals surface area contributed by atoms with E-state index in [1.807, 2.05) is 18.2 Å². The highest BCUT2D eigenvalue weighted by Gasteiger charge is 2.14. The van der Waals surface area contributed by atoms with Gasteiger partial charge in [-0.15, -0.1) is 0 Å².